The van der Waals surface area contributed by atoms with E-state index in [0.29, 0.717) is 15.2 Å². The number of carbonyl (C=O) groups excluding carboxylic acids is 1. The Balaban J connectivity index is 1.32. The van der Waals surface area contributed by atoms with Crippen LogP contribution in [0.1, 0.15) is 5.56 Å². The second-order valence-corrected chi connectivity index (χ2v) is 10.5. The van der Waals surface area contributed by atoms with Crippen molar-refractivity contribution in [3.05, 3.63) is 86.9 Å². The number of para-hydroxylation sites is 2. The van der Waals surface area contributed by atoms with Crippen molar-refractivity contribution in [3.8, 4) is 5.75 Å². The lowest BCUT2D eigenvalue weighted by molar-refractivity contribution is -0.384. The fourth-order valence-corrected chi connectivity index (χ4v) is 5.12. The molecule has 0 aliphatic carbocycles. The highest BCUT2D eigenvalue weighted by molar-refractivity contribution is 9.10. The number of H-pyrrole nitrogens is 1. The molecule has 184 valence electrons. The van der Waals surface area contributed by atoms with Crippen molar-refractivity contribution in [1.29, 1.82) is 0 Å². The summed E-state index contributed by atoms with van der Waals surface area (Å²) in [6, 6.07) is 16.4. The van der Waals surface area contributed by atoms with Crippen molar-refractivity contribution in [2.24, 2.45) is 5.10 Å². The zero-order chi connectivity index (χ0) is 25.7. The Morgan fingerprint density at radius 2 is 1.94 bits per heavy atom. The number of benzene rings is 3. The van der Waals surface area contributed by atoms with Gasteiger partial charge in [-0.25, -0.2) is 10.4 Å². The van der Waals surface area contributed by atoms with Crippen molar-refractivity contribution in [2.45, 2.75) is 10.1 Å². The van der Waals surface area contributed by atoms with Gasteiger partial charge in [0.25, 0.3) is 11.6 Å². The minimum Gasteiger partial charge on any atom is -0.378 e. The van der Waals surface area contributed by atoms with Crippen LogP contribution in [-0.4, -0.2) is 41.2 Å². The van der Waals surface area contributed by atoms with Gasteiger partial charge in [0.15, 0.2) is 10.9 Å². The lowest BCUT2D eigenvalue weighted by atomic mass is 10.2. The molecule has 0 bridgehead atoms. The normalized spacial score (nSPS) is 11.6. The summed E-state index contributed by atoms with van der Waals surface area (Å²) < 4.78 is 30.4. The second-order valence-electron chi connectivity index (χ2n) is 7.12. The zero-order valence-electron chi connectivity index (χ0n) is 18.1. The number of nitro benzene ring substituents is 1. The third kappa shape index (κ3) is 6.27. The lowest BCUT2D eigenvalue weighted by Gasteiger charge is -2.09. The third-order valence-corrected chi connectivity index (χ3v) is 7.34. The number of imidazole rings is 1. The highest BCUT2D eigenvalue weighted by Crippen LogP contribution is 2.29. The molecular formula is C22H16BrN5O6S2. The maximum atomic E-state index is 12.5. The third-order valence-electron chi connectivity index (χ3n) is 4.60. The van der Waals surface area contributed by atoms with Crippen LogP contribution in [-0.2, 0) is 14.9 Å². The Hall–Kier alpha value is -3.75. The number of carbonyl (C=O) groups is 1. The average molecular weight is 590 g/mol. The smallest absolute Gasteiger partial charge is 0.339 e. The molecule has 0 aliphatic heterocycles. The number of aromatic nitrogens is 2. The Morgan fingerprint density at radius 3 is 2.64 bits per heavy atom. The molecule has 36 heavy (non-hydrogen) atoms. The number of amides is 1. The number of nitrogens with one attached hydrogen (secondary N) is 2. The summed E-state index contributed by atoms with van der Waals surface area (Å²) in [5.74, 6) is -0.213. The number of hydrogen-bond donors (Lipinski definition) is 2. The van der Waals surface area contributed by atoms with Gasteiger partial charge < -0.3 is 9.17 Å². The summed E-state index contributed by atoms with van der Waals surface area (Å²) >= 11 is 4.49. The molecular weight excluding hydrogens is 574 g/mol. The average Bonchev–Trinajstić information content (AvgIpc) is 3.27. The number of nitrogens with zero attached hydrogens (tertiary/aromatic N) is 3. The molecule has 1 amide bonds. The summed E-state index contributed by atoms with van der Waals surface area (Å²) in [6.45, 7) is 0. The molecule has 0 spiro atoms. The Kier molecular flexibility index (Phi) is 7.67. The zero-order valence-corrected chi connectivity index (χ0v) is 21.3. The van der Waals surface area contributed by atoms with Gasteiger partial charge in [-0.3, -0.25) is 14.9 Å². The first-order valence-electron chi connectivity index (χ1n) is 10.1. The van der Waals surface area contributed by atoms with Crippen molar-refractivity contribution in [2.75, 3.05) is 5.75 Å². The number of non-ortho nitro benzene ring substituents is 1. The summed E-state index contributed by atoms with van der Waals surface area (Å²) in [7, 11) is -4.21. The van der Waals surface area contributed by atoms with Crippen molar-refractivity contribution >= 4 is 66.7 Å². The number of halogens is 1. The van der Waals surface area contributed by atoms with E-state index < -0.39 is 15.0 Å². The highest BCUT2D eigenvalue weighted by Gasteiger charge is 2.19. The summed E-state index contributed by atoms with van der Waals surface area (Å²) in [4.78, 5) is 29.5. The van der Waals surface area contributed by atoms with Crippen LogP contribution in [0.2, 0.25) is 0 Å². The number of fused-ring (bicyclic) bond motifs is 1. The van der Waals surface area contributed by atoms with Gasteiger partial charge in [-0.1, -0.05) is 23.9 Å². The molecule has 0 saturated heterocycles. The van der Waals surface area contributed by atoms with Crippen LogP contribution >= 0.6 is 27.7 Å². The number of thioether (sulfide) groups is 1. The van der Waals surface area contributed by atoms with Gasteiger partial charge in [-0.15, -0.1) is 0 Å². The molecule has 3 aromatic carbocycles. The molecule has 0 aliphatic rings. The number of rotatable bonds is 9. The van der Waals surface area contributed by atoms with E-state index >= 15 is 0 Å². The molecule has 0 saturated carbocycles. The van der Waals surface area contributed by atoms with E-state index in [1.807, 2.05) is 24.3 Å². The predicted molar refractivity (Wildman–Crippen MR) is 138 cm³/mol. The number of hydrogen-bond acceptors (Lipinski definition) is 9. The first-order chi connectivity index (χ1) is 17.2. The Bertz CT molecular complexity index is 1540. The standard InChI is InChI=1S/C22H16BrN5O6S2/c23-17-11-14(5-10-20(17)34-36(32,33)16-8-6-15(7-9-16)28(30)31)12-24-27-21(29)13-35-22-25-18-3-1-2-4-19(18)26-22/h1-12H,13H2,(H,25,26)(H,27,29)/b24-12-. The van der Waals surface area contributed by atoms with Crippen LogP contribution in [0, 0.1) is 10.1 Å². The summed E-state index contributed by atoms with van der Waals surface area (Å²) in [6.07, 6.45) is 1.39. The van der Waals surface area contributed by atoms with Gasteiger partial charge >= 0.3 is 10.1 Å². The van der Waals surface area contributed by atoms with Gasteiger partial charge in [0.05, 0.1) is 32.4 Å². The van der Waals surface area contributed by atoms with Crippen LogP contribution in [0.15, 0.2) is 86.4 Å². The molecule has 1 aromatic heterocycles. The van der Waals surface area contributed by atoms with Crippen molar-refractivity contribution in [1.82, 2.24) is 15.4 Å². The first-order valence-corrected chi connectivity index (χ1v) is 13.3. The fraction of sp³-hybridized carbons (Fsp3) is 0.0455. The quantitative estimate of drug-likeness (QED) is 0.0964. The first kappa shape index (κ1) is 25.3. The van der Waals surface area contributed by atoms with Crippen LogP contribution in [0.3, 0.4) is 0 Å². The van der Waals surface area contributed by atoms with E-state index in [1.54, 1.807) is 12.1 Å². The van der Waals surface area contributed by atoms with Gasteiger partial charge in [-0.05, 0) is 64.0 Å². The van der Waals surface area contributed by atoms with E-state index in [9.17, 15) is 23.3 Å². The van der Waals surface area contributed by atoms with Crippen LogP contribution in [0.5, 0.6) is 5.75 Å². The molecule has 0 fully saturated rings. The van der Waals surface area contributed by atoms with E-state index in [0.717, 1.165) is 35.3 Å². The Morgan fingerprint density at radius 1 is 1.19 bits per heavy atom. The molecule has 1 heterocycles. The minimum absolute atomic E-state index is 0.0109. The highest BCUT2D eigenvalue weighted by atomic mass is 79.9. The van der Waals surface area contributed by atoms with E-state index in [-0.39, 0.29) is 28.0 Å². The Labute approximate surface area is 217 Å². The predicted octanol–water partition coefficient (Wildman–Crippen LogP) is 4.24. The summed E-state index contributed by atoms with van der Waals surface area (Å²) in [5.41, 5.74) is 4.45. The van der Waals surface area contributed by atoms with Gasteiger partial charge in [-0.2, -0.15) is 13.5 Å². The maximum absolute atomic E-state index is 12.5. The molecule has 0 radical (unpaired) electrons. The SMILES string of the molecule is O=C(CSc1nc2ccccc2[nH]1)N/N=C\c1ccc(OS(=O)(=O)c2ccc([N+](=O)[O-])cc2)c(Br)c1. The number of nitro groups is 1. The van der Waals surface area contributed by atoms with Crippen molar-refractivity contribution in [3.63, 3.8) is 0 Å². The topological polar surface area (TPSA) is 157 Å². The molecule has 2 N–H and O–H groups in total. The molecule has 11 nitrogen and oxygen atoms in total. The molecule has 14 heteroatoms. The van der Waals surface area contributed by atoms with Gasteiger partial charge in [0, 0.05) is 12.1 Å². The lowest BCUT2D eigenvalue weighted by Crippen LogP contribution is -2.19. The maximum Gasteiger partial charge on any atom is 0.339 e. The molecule has 0 atom stereocenters. The van der Waals surface area contributed by atoms with E-state index in [1.165, 1.54) is 24.0 Å². The van der Waals surface area contributed by atoms with Crippen LogP contribution < -0.4 is 9.61 Å². The second kappa shape index (κ2) is 10.9. The van der Waals surface area contributed by atoms with Crippen LogP contribution in [0.25, 0.3) is 11.0 Å². The van der Waals surface area contributed by atoms with E-state index in [2.05, 4.69) is 36.4 Å². The molecule has 0 unspecified atom stereocenters. The summed E-state index contributed by atoms with van der Waals surface area (Å²) in [5, 5.41) is 15.3. The number of hydrazone groups is 1. The number of aromatic amines is 1. The largest absolute Gasteiger partial charge is 0.378 e. The van der Waals surface area contributed by atoms with Crippen molar-refractivity contribution < 1.29 is 22.3 Å². The van der Waals surface area contributed by atoms with E-state index in [4.69, 9.17) is 4.18 Å². The van der Waals surface area contributed by atoms with Gasteiger partial charge in [0.2, 0.25) is 0 Å². The molecule has 4 aromatic rings. The van der Waals surface area contributed by atoms with Gasteiger partial charge in [0.1, 0.15) is 4.90 Å². The fourth-order valence-electron chi connectivity index (χ4n) is 2.91. The minimum atomic E-state index is -4.21. The monoisotopic (exact) mass is 589 g/mol. The molecule has 4 rings (SSSR count). The van der Waals surface area contributed by atoms with Crippen LogP contribution in [0.4, 0.5) is 5.69 Å².